The predicted octanol–water partition coefficient (Wildman–Crippen LogP) is 2.64. The highest BCUT2D eigenvalue weighted by atomic mass is 15.3. The number of hydrogen-bond acceptors (Lipinski definition) is 2. The second kappa shape index (κ2) is 3.60. The summed E-state index contributed by atoms with van der Waals surface area (Å²) in [6.45, 7) is 1.06. The first kappa shape index (κ1) is 10.4. The Bertz CT molecular complexity index is 812. The summed E-state index contributed by atoms with van der Waals surface area (Å²) in [5.41, 5.74) is 6.61. The summed E-state index contributed by atoms with van der Waals surface area (Å²) in [4.78, 5) is 4.33. The lowest BCUT2D eigenvalue weighted by atomic mass is 9.97. The summed E-state index contributed by atoms with van der Waals surface area (Å²) in [6.07, 6.45) is 8.30. The minimum absolute atomic E-state index is 0.241. The predicted molar refractivity (Wildman–Crippen MR) is 75.5 cm³/mol. The molecule has 0 radical (unpaired) electrons. The number of fused-ring (bicyclic) bond motifs is 4. The van der Waals surface area contributed by atoms with E-state index < -0.39 is 0 Å². The summed E-state index contributed by atoms with van der Waals surface area (Å²) in [6, 6.07) is 8.88. The lowest BCUT2D eigenvalue weighted by molar-refractivity contribution is 0.656. The Hall–Kier alpha value is -2.36. The molecule has 3 aromatic rings. The molecule has 0 N–H and O–H groups in total. The minimum atomic E-state index is 0.241. The largest absolute Gasteiger partial charge is 0.319 e. The molecule has 2 aliphatic rings. The maximum atomic E-state index is 4.55. The zero-order valence-corrected chi connectivity index (χ0v) is 11.0. The van der Waals surface area contributed by atoms with Crippen molar-refractivity contribution in [3.8, 4) is 11.3 Å². The zero-order valence-electron chi connectivity index (χ0n) is 11.0. The number of nitrogens with zero attached hydrogens (tertiary/aromatic N) is 4. The van der Waals surface area contributed by atoms with Crippen molar-refractivity contribution in [2.45, 2.75) is 25.4 Å². The summed E-state index contributed by atoms with van der Waals surface area (Å²) < 4.78 is 4.44. The van der Waals surface area contributed by atoms with Crippen molar-refractivity contribution >= 4 is 0 Å². The molecule has 4 heterocycles. The van der Waals surface area contributed by atoms with E-state index in [0.29, 0.717) is 0 Å². The van der Waals surface area contributed by atoms with Crippen molar-refractivity contribution in [3.63, 3.8) is 0 Å². The van der Waals surface area contributed by atoms with Crippen LogP contribution in [0.1, 0.15) is 29.3 Å². The lowest BCUT2D eigenvalue weighted by Gasteiger charge is -2.14. The molecule has 1 atom stereocenters. The Morgan fingerprint density at radius 2 is 2.05 bits per heavy atom. The van der Waals surface area contributed by atoms with Crippen LogP contribution in [0, 0.1) is 0 Å². The quantitative estimate of drug-likeness (QED) is 0.528. The van der Waals surface area contributed by atoms with Crippen LogP contribution in [0.2, 0.25) is 0 Å². The van der Waals surface area contributed by atoms with Gasteiger partial charge < -0.3 is 4.57 Å². The van der Waals surface area contributed by atoms with E-state index >= 15 is 0 Å². The van der Waals surface area contributed by atoms with E-state index in [-0.39, 0.29) is 6.04 Å². The second-order valence-electron chi connectivity index (χ2n) is 5.55. The molecule has 2 aromatic heterocycles. The fraction of sp³-hybridized carbons (Fsp3) is 0.250. The van der Waals surface area contributed by atoms with Gasteiger partial charge in [-0.1, -0.05) is 24.3 Å². The first-order chi connectivity index (χ1) is 9.93. The van der Waals surface area contributed by atoms with Crippen LogP contribution in [0.3, 0.4) is 0 Å². The third-order valence-electron chi connectivity index (χ3n) is 4.53. The first-order valence-corrected chi connectivity index (χ1v) is 7.09. The Morgan fingerprint density at radius 1 is 1.10 bits per heavy atom. The third kappa shape index (κ3) is 1.17. The first-order valence-electron chi connectivity index (χ1n) is 7.09. The standard InChI is InChI=1S/C16H14N4/c1-2-5-12-11(4-1)15-9-17-10-19(15)16(12)13-8-18-20-7-3-6-14(13)20/h1-2,4-5,8-10,16H,3,6-7H2. The Kier molecular flexibility index (Phi) is 1.88. The van der Waals surface area contributed by atoms with Crippen molar-refractivity contribution < 1.29 is 0 Å². The van der Waals surface area contributed by atoms with E-state index in [1.165, 1.54) is 34.5 Å². The fourth-order valence-corrected chi connectivity index (χ4v) is 3.67. The molecule has 0 aliphatic carbocycles. The molecule has 0 saturated heterocycles. The van der Waals surface area contributed by atoms with E-state index in [1.807, 2.05) is 18.7 Å². The molecule has 4 nitrogen and oxygen atoms in total. The summed E-state index contributed by atoms with van der Waals surface area (Å²) in [5.74, 6) is 0. The maximum absolute atomic E-state index is 4.55. The average Bonchev–Trinajstić information content (AvgIpc) is 3.19. The van der Waals surface area contributed by atoms with E-state index in [2.05, 4.69) is 43.6 Å². The molecule has 0 amide bonds. The molecule has 0 saturated carbocycles. The molecule has 2 aliphatic heterocycles. The number of hydrogen-bond donors (Lipinski definition) is 0. The molecule has 98 valence electrons. The van der Waals surface area contributed by atoms with Crippen molar-refractivity contribution in [2.24, 2.45) is 0 Å². The number of aryl methyl sites for hydroxylation is 1. The SMILES string of the molecule is c1ccc2c(c1)-c1cncn1C2c1cnn2c1CCC2. The van der Waals surface area contributed by atoms with E-state index in [4.69, 9.17) is 0 Å². The molecule has 0 fully saturated rings. The van der Waals surface area contributed by atoms with Crippen LogP contribution in [-0.2, 0) is 13.0 Å². The van der Waals surface area contributed by atoms with Crippen LogP contribution in [0.5, 0.6) is 0 Å². The topological polar surface area (TPSA) is 35.6 Å². The van der Waals surface area contributed by atoms with Crippen LogP contribution < -0.4 is 0 Å². The van der Waals surface area contributed by atoms with E-state index in [0.717, 1.165) is 13.0 Å². The van der Waals surface area contributed by atoms with Crippen LogP contribution >= 0.6 is 0 Å². The third-order valence-corrected chi connectivity index (χ3v) is 4.53. The van der Waals surface area contributed by atoms with Gasteiger partial charge in [-0.15, -0.1) is 0 Å². The van der Waals surface area contributed by atoms with Crippen molar-refractivity contribution in [1.82, 2.24) is 19.3 Å². The lowest BCUT2D eigenvalue weighted by Crippen LogP contribution is -2.08. The molecule has 5 rings (SSSR count). The van der Waals surface area contributed by atoms with Crippen LogP contribution in [0.15, 0.2) is 43.0 Å². The minimum Gasteiger partial charge on any atom is -0.319 e. The maximum Gasteiger partial charge on any atom is 0.0959 e. The zero-order chi connectivity index (χ0) is 13.1. The monoisotopic (exact) mass is 262 g/mol. The van der Waals surface area contributed by atoms with E-state index in [1.54, 1.807) is 0 Å². The molecule has 0 bridgehead atoms. The van der Waals surface area contributed by atoms with Crippen LogP contribution in [0.4, 0.5) is 0 Å². The Labute approximate surface area is 116 Å². The number of aromatic nitrogens is 4. The number of rotatable bonds is 1. The molecular formula is C16H14N4. The molecule has 1 unspecified atom stereocenters. The van der Waals surface area contributed by atoms with E-state index in [9.17, 15) is 0 Å². The van der Waals surface area contributed by atoms with Gasteiger partial charge in [0.2, 0.25) is 0 Å². The average molecular weight is 262 g/mol. The van der Waals surface area contributed by atoms with Gasteiger partial charge in [-0.3, -0.25) is 4.68 Å². The van der Waals surface area contributed by atoms with Gasteiger partial charge in [-0.05, 0) is 18.4 Å². The smallest absolute Gasteiger partial charge is 0.0959 e. The Balaban J connectivity index is 1.79. The van der Waals surface area contributed by atoms with Gasteiger partial charge in [-0.2, -0.15) is 5.10 Å². The molecular weight excluding hydrogens is 248 g/mol. The molecule has 0 spiro atoms. The van der Waals surface area contributed by atoms with Gasteiger partial charge in [0.05, 0.1) is 30.5 Å². The normalized spacial score (nSPS) is 18.9. The Morgan fingerprint density at radius 3 is 3.05 bits per heavy atom. The van der Waals surface area contributed by atoms with Crippen molar-refractivity contribution in [3.05, 3.63) is 59.8 Å². The van der Waals surface area contributed by atoms with Gasteiger partial charge in [0.1, 0.15) is 0 Å². The summed E-state index contributed by atoms with van der Waals surface area (Å²) in [5, 5.41) is 4.55. The van der Waals surface area contributed by atoms with Crippen molar-refractivity contribution in [2.75, 3.05) is 0 Å². The summed E-state index contributed by atoms with van der Waals surface area (Å²) >= 11 is 0. The molecule has 1 aromatic carbocycles. The van der Waals surface area contributed by atoms with Gasteiger partial charge >= 0.3 is 0 Å². The van der Waals surface area contributed by atoms with Crippen LogP contribution in [-0.4, -0.2) is 19.3 Å². The number of benzene rings is 1. The second-order valence-corrected chi connectivity index (χ2v) is 5.55. The fourth-order valence-electron chi connectivity index (χ4n) is 3.67. The molecule has 20 heavy (non-hydrogen) atoms. The van der Waals surface area contributed by atoms with Gasteiger partial charge in [-0.25, -0.2) is 4.98 Å². The van der Waals surface area contributed by atoms with Crippen molar-refractivity contribution in [1.29, 1.82) is 0 Å². The highest BCUT2D eigenvalue weighted by Crippen LogP contribution is 2.43. The summed E-state index contributed by atoms with van der Waals surface area (Å²) in [7, 11) is 0. The molecule has 4 heteroatoms. The highest BCUT2D eigenvalue weighted by molar-refractivity contribution is 5.70. The highest BCUT2D eigenvalue weighted by Gasteiger charge is 2.33. The van der Waals surface area contributed by atoms with Gasteiger partial charge in [0.25, 0.3) is 0 Å². The van der Waals surface area contributed by atoms with Gasteiger partial charge in [0.15, 0.2) is 0 Å². The van der Waals surface area contributed by atoms with Gasteiger partial charge in [0, 0.05) is 23.4 Å². The van der Waals surface area contributed by atoms with Crippen LogP contribution in [0.25, 0.3) is 11.3 Å². The number of imidazole rings is 1.